The maximum absolute atomic E-state index is 5.98. The van der Waals surface area contributed by atoms with Crippen LogP contribution in [0.1, 0.15) is 60.8 Å². The van der Waals surface area contributed by atoms with Gasteiger partial charge in [-0.3, -0.25) is 0 Å². The van der Waals surface area contributed by atoms with Crippen LogP contribution in [0, 0.1) is 17.8 Å². The molecule has 120 valence electrons. The van der Waals surface area contributed by atoms with Gasteiger partial charge in [0, 0.05) is 0 Å². The molecule has 21 heavy (non-hydrogen) atoms. The fourth-order valence-corrected chi connectivity index (χ4v) is 2.42. The minimum atomic E-state index is -0.0875. The molecule has 0 saturated carbocycles. The summed E-state index contributed by atoms with van der Waals surface area (Å²) in [5, 5.41) is 0. The zero-order chi connectivity index (χ0) is 15.8. The normalized spacial score (nSPS) is 16.7. The van der Waals surface area contributed by atoms with Gasteiger partial charge in [0.05, 0.1) is 0 Å². The molecule has 0 atom stereocenters. The van der Waals surface area contributed by atoms with Crippen molar-refractivity contribution in [3.8, 4) is 0 Å². The van der Waals surface area contributed by atoms with Crippen LogP contribution in [0.25, 0.3) is 0 Å². The van der Waals surface area contributed by atoms with Crippen LogP contribution in [0.15, 0.2) is 0 Å². The van der Waals surface area contributed by atoms with Gasteiger partial charge in [0.1, 0.15) is 0 Å². The van der Waals surface area contributed by atoms with Gasteiger partial charge in [0.15, 0.2) is 0 Å². The molecule has 1 aliphatic heterocycles. The zero-order valence-electron chi connectivity index (χ0n) is 14.9. The van der Waals surface area contributed by atoms with E-state index < -0.39 is 0 Å². The van der Waals surface area contributed by atoms with Crippen molar-refractivity contribution < 1.29 is 13.7 Å². The summed E-state index contributed by atoms with van der Waals surface area (Å²) in [6, 6.07) is 0. The quantitative estimate of drug-likeness (QED) is 0.579. The molecule has 1 aliphatic rings. The van der Waals surface area contributed by atoms with Crippen molar-refractivity contribution >= 4 is 21.4 Å². The molecule has 6 heteroatoms. The molecular weight excluding hydrogens is 261 g/mol. The van der Waals surface area contributed by atoms with Crippen LogP contribution in [0.2, 0.25) is 19.0 Å². The van der Waals surface area contributed by atoms with Gasteiger partial charge in [0.2, 0.25) is 0 Å². The maximum atomic E-state index is 5.98. The highest BCUT2D eigenvalue weighted by Crippen LogP contribution is 2.22. The lowest BCUT2D eigenvalue weighted by Crippen LogP contribution is -2.49. The van der Waals surface area contributed by atoms with E-state index in [1.165, 1.54) is 0 Å². The van der Waals surface area contributed by atoms with Gasteiger partial charge in [-0.1, -0.05) is 60.8 Å². The molecule has 0 aliphatic carbocycles. The van der Waals surface area contributed by atoms with Gasteiger partial charge in [-0.2, -0.15) is 0 Å². The summed E-state index contributed by atoms with van der Waals surface area (Å²) in [6.45, 7) is 13.5. The second-order valence-electron chi connectivity index (χ2n) is 7.61. The summed E-state index contributed by atoms with van der Waals surface area (Å²) < 4.78 is 17.9. The van der Waals surface area contributed by atoms with Crippen LogP contribution in [0.3, 0.4) is 0 Å². The molecule has 1 rings (SSSR count). The Balaban J connectivity index is 2.46. The summed E-state index contributed by atoms with van der Waals surface area (Å²) >= 11 is 0. The lowest BCUT2D eigenvalue weighted by Gasteiger charge is -2.32. The Morgan fingerprint density at radius 3 is 0.952 bits per heavy atom. The minimum absolute atomic E-state index is 0.0875. The summed E-state index contributed by atoms with van der Waals surface area (Å²) in [5.74, 6) is 2.05. The topological polar surface area (TPSA) is 27.7 Å². The first-order chi connectivity index (χ1) is 9.86. The van der Waals surface area contributed by atoms with E-state index in [-0.39, 0.29) is 21.4 Å². The van der Waals surface area contributed by atoms with Gasteiger partial charge in [-0.15, -0.1) is 0 Å². The predicted molar refractivity (Wildman–Crippen MR) is 93.3 cm³/mol. The zero-order valence-corrected chi connectivity index (χ0v) is 14.9. The Morgan fingerprint density at radius 2 is 0.762 bits per heavy atom. The molecule has 0 radical (unpaired) electrons. The molecule has 1 fully saturated rings. The average Bonchev–Trinajstić information content (AvgIpc) is 2.40. The van der Waals surface area contributed by atoms with Gasteiger partial charge in [-0.05, 0) is 36.7 Å². The van der Waals surface area contributed by atoms with Crippen molar-refractivity contribution in [2.24, 2.45) is 17.8 Å². The van der Waals surface area contributed by atoms with Crippen LogP contribution in [0.5, 0.6) is 0 Å². The highest BCUT2D eigenvalue weighted by Gasteiger charge is 2.39. The van der Waals surface area contributed by atoms with Crippen LogP contribution in [-0.2, 0) is 13.7 Å². The van der Waals surface area contributed by atoms with Gasteiger partial charge in [-0.25, -0.2) is 0 Å². The molecule has 0 aromatic rings. The first-order valence-electron chi connectivity index (χ1n) is 8.83. The van der Waals surface area contributed by atoms with Crippen LogP contribution < -0.4 is 0 Å². The smallest absolute Gasteiger partial charge is 0.429 e. The molecule has 0 aromatic heterocycles. The molecule has 0 spiro atoms. The summed E-state index contributed by atoms with van der Waals surface area (Å²) in [5.41, 5.74) is 0. The first kappa shape index (κ1) is 19.1. The average molecular weight is 294 g/mol. The SMILES string of the molecule is CC(C)CCB1OB(CCC(C)C)OB(CCC(C)C)O1. The maximum Gasteiger partial charge on any atom is 0.429 e. The van der Waals surface area contributed by atoms with E-state index in [1.807, 2.05) is 0 Å². The summed E-state index contributed by atoms with van der Waals surface area (Å²) in [6.07, 6.45) is 6.32. The number of hydrogen-bond acceptors (Lipinski definition) is 3. The minimum Gasteiger partial charge on any atom is -0.453 e. The molecule has 1 heterocycles. The fourth-order valence-electron chi connectivity index (χ4n) is 2.42. The third kappa shape index (κ3) is 8.95. The molecule has 0 N–H and O–H groups in total. The largest absolute Gasteiger partial charge is 0.453 e. The summed E-state index contributed by atoms with van der Waals surface area (Å²) in [7, 11) is -0.263. The molecule has 0 amide bonds. The van der Waals surface area contributed by atoms with Gasteiger partial charge in [0.25, 0.3) is 0 Å². The van der Waals surface area contributed by atoms with E-state index in [2.05, 4.69) is 41.5 Å². The molecule has 3 nitrogen and oxygen atoms in total. The molecule has 0 aromatic carbocycles. The van der Waals surface area contributed by atoms with E-state index >= 15 is 0 Å². The molecule has 1 saturated heterocycles. The van der Waals surface area contributed by atoms with Crippen molar-refractivity contribution in [2.75, 3.05) is 0 Å². The van der Waals surface area contributed by atoms with Crippen LogP contribution >= 0.6 is 0 Å². The van der Waals surface area contributed by atoms with Crippen molar-refractivity contribution in [3.63, 3.8) is 0 Å². The Bertz CT molecular complexity index is 226. The fraction of sp³-hybridized carbons (Fsp3) is 1.00. The second kappa shape index (κ2) is 9.96. The lowest BCUT2D eigenvalue weighted by atomic mass is 9.63. The van der Waals surface area contributed by atoms with E-state index in [1.54, 1.807) is 0 Å². The van der Waals surface area contributed by atoms with E-state index in [0.29, 0.717) is 17.8 Å². The number of rotatable bonds is 9. The Kier molecular flexibility index (Phi) is 9.07. The summed E-state index contributed by atoms with van der Waals surface area (Å²) in [4.78, 5) is 0. The highest BCUT2D eigenvalue weighted by molar-refractivity contribution is 6.73. The molecule has 0 bridgehead atoms. The van der Waals surface area contributed by atoms with Crippen LogP contribution in [-0.4, -0.2) is 21.4 Å². The van der Waals surface area contributed by atoms with E-state index in [4.69, 9.17) is 13.7 Å². The van der Waals surface area contributed by atoms with Crippen molar-refractivity contribution in [2.45, 2.75) is 79.8 Å². The Morgan fingerprint density at radius 1 is 0.524 bits per heavy atom. The standard InChI is InChI=1S/C15H33B3O3/c1-13(2)7-10-16-19-17(11-8-14(3)4)21-18(20-16)12-9-15(5)6/h13-15H,7-12H2,1-6H3. The number of hydrogen-bond donors (Lipinski definition) is 0. The highest BCUT2D eigenvalue weighted by atomic mass is 16.7. The molecule has 0 unspecified atom stereocenters. The van der Waals surface area contributed by atoms with Crippen molar-refractivity contribution in [1.82, 2.24) is 0 Å². The van der Waals surface area contributed by atoms with Crippen molar-refractivity contribution in [1.29, 1.82) is 0 Å². The second-order valence-corrected chi connectivity index (χ2v) is 7.61. The third-order valence-electron chi connectivity index (χ3n) is 3.85. The van der Waals surface area contributed by atoms with E-state index in [0.717, 1.165) is 38.2 Å². The third-order valence-corrected chi connectivity index (χ3v) is 3.85. The first-order valence-corrected chi connectivity index (χ1v) is 8.83. The van der Waals surface area contributed by atoms with Crippen LogP contribution in [0.4, 0.5) is 0 Å². The van der Waals surface area contributed by atoms with Gasteiger partial charge < -0.3 is 13.7 Å². The Labute approximate surface area is 133 Å². The van der Waals surface area contributed by atoms with Gasteiger partial charge >= 0.3 is 21.4 Å². The van der Waals surface area contributed by atoms with E-state index in [9.17, 15) is 0 Å². The Hall–Kier alpha value is 0.0748. The molecular formula is C15H33B3O3. The van der Waals surface area contributed by atoms with Crippen molar-refractivity contribution in [3.05, 3.63) is 0 Å². The predicted octanol–water partition coefficient (Wildman–Crippen LogP) is 4.65. The monoisotopic (exact) mass is 294 g/mol. The lowest BCUT2D eigenvalue weighted by molar-refractivity contribution is 0.271.